The molecule has 0 unspecified atom stereocenters. The van der Waals surface area contributed by atoms with Crippen molar-refractivity contribution in [1.82, 2.24) is 0 Å². The molecule has 2 rings (SSSR count). The maximum Gasteiger partial charge on any atom is 0.164 e. The second kappa shape index (κ2) is 3.42. The van der Waals surface area contributed by atoms with Gasteiger partial charge in [0, 0.05) is 16.9 Å². The van der Waals surface area contributed by atoms with E-state index in [1.807, 2.05) is 6.07 Å². The summed E-state index contributed by atoms with van der Waals surface area (Å²) >= 11 is 1.69. The zero-order valence-electron chi connectivity index (χ0n) is 7.12. The van der Waals surface area contributed by atoms with Gasteiger partial charge in [0.2, 0.25) is 0 Å². The first-order valence-corrected chi connectivity index (χ1v) is 5.25. The molecule has 0 radical (unpaired) electrons. The zero-order valence-corrected chi connectivity index (χ0v) is 7.93. The second-order valence-electron chi connectivity index (χ2n) is 3.06. The lowest BCUT2D eigenvalue weighted by Gasteiger charge is -2.03. The maximum absolute atomic E-state index is 11.5. The highest BCUT2D eigenvalue weighted by Gasteiger charge is 2.15. The van der Waals surface area contributed by atoms with Crippen molar-refractivity contribution in [1.29, 1.82) is 0 Å². The molecule has 0 aliphatic carbocycles. The van der Waals surface area contributed by atoms with Crippen LogP contribution in [0, 0.1) is 0 Å². The smallest absolute Gasteiger partial charge is 0.164 e. The van der Waals surface area contributed by atoms with Crippen LogP contribution < -0.4 is 0 Å². The van der Waals surface area contributed by atoms with Crippen LogP contribution in [0.2, 0.25) is 0 Å². The fourth-order valence-electron chi connectivity index (χ4n) is 1.41. The lowest BCUT2D eigenvalue weighted by Crippen LogP contribution is -1.97. The Balaban J connectivity index is 2.49. The summed E-state index contributed by atoms with van der Waals surface area (Å²) in [6.07, 6.45) is 1.53. The number of hydrogen-bond donors (Lipinski definition) is 1. The highest BCUT2D eigenvalue weighted by molar-refractivity contribution is 7.99. The van der Waals surface area contributed by atoms with Gasteiger partial charge in [-0.25, -0.2) is 0 Å². The predicted molar refractivity (Wildman–Crippen MR) is 52.4 cm³/mol. The largest absolute Gasteiger partial charge is 0.508 e. The average molecular weight is 194 g/mol. The number of carbonyl (C=O) groups is 1. The average Bonchev–Trinajstić information content (AvgIpc) is 2.29. The molecule has 0 atom stereocenters. The number of hydrogen-bond acceptors (Lipinski definition) is 3. The Bertz CT molecular complexity index is 347. The van der Waals surface area contributed by atoms with E-state index >= 15 is 0 Å². The number of Topliss-reactive ketones (excluding diaryl/α,β-unsaturated/α-hetero) is 1. The molecule has 0 saturated carbocycles. The molecule has 0 saturated heterocycles. The molecule has 13 heavy (non-hydrogen) atoms. The maximum atomic E-state index is 11.5. The molecular formula is C10H10O2S. The molecule has 0 spiro atoms. The van der Waals surface area contributed by atoms with Gasteiger partial charge in [-0.1, -0.05) is 0 Å². The predicted octanol–water partition coefficient (Wildman–Crippen LogP) is 2.46. The molecule has 0 fully saturated rings. The number of fused-ring (bicyclic) bond motifs is 1. The molecule has 1 heterocycles. The van der Waals surface area contributed by atoms with Gasteiger partial charge in [0.25, 0.3) is 0 Å². The minimum absolute atomic E-state index is 0.149. The van der Waals surface area contributed by atoms with Crippen molar-refractivity contribution in [3.63, 3.8) is 0 Å². The number of phenolic OH excluding ortho intramolecular Hbond substituents is 1. The van der Waals surface area contributed by atoms with E-state index in [-0.39, 0.29) is 11.5 Å². The zero-order chi connectivity index (χ0) is 9.26. The Kier molecular flexibility index (Phi) is 2.27. The molecule has 68 valence electrons. The number of thioether (sulfide) groups is 1. The van der Waals surface area contributed by atoms with Gasteiger partial charge in [0.15, 0.2) is 5.78 Å². The monoisotopic (exact) mass is 194 g/mol. The van der Waals surface area contributed by atoms with Crippen molar-refractivity contribution >= 4 is 17.5 Å². The second-order valence-corrected chi connectivity index (χ2v) is 4.19. The first-order valence-electron chi connectivity index (χ1n) is 4.26. The van der Waals surface area contributed by atoms with Crippen LogP contribution in [0.3, 0.4) is 0 Å². The summed E-state index contributed by atoms with van der Waals surface area (Å²) in [5, 5.41) is 9.24. The van der Waals surface area contributed by atoms with Gasteiger partial charge in [-0.05, 0) is 30.4 Å². The Labute approximate surface area is 81.0 Å². The van der Waals surface area contributed by atoms with Crippen LogP contribution in [0.25, 0.3) is 0 Å². The van der Waals surface area contributed by atoms with Crippen molar-refractivity contribution < 1.29 is 9.90 Å². The van der Waals surface area contributed by atoms with E-state index in [1.165, 1.54) is 0 Å². The van der Waals surface area contributed by atoms with E-state index in [0.717, 1.165) is 17.1 Å². The quantitative estimate of drug-likeness (QED) is 0.689. The summed E-state index contributed by atoms with van der Waals surface area (Å²) < 4.78 is 0. The van der Waals surface area contributed by atoms with E-state index in [0.29, 0.717) is 12.0 Å². The van der Waals surface area contributed by atoms with Crippen LogP contribution >= 0.6 is 11.8 Å². The molecule has 0 bridgehead atoms. The molecule has 1 aliphatic rings. The van der Waals surface area contributed by atoms with E-state index < -0.39 is 0 Å². The van der Waals surface area contributed by atoms with Gasteiger partial charge < -0.3 is 5.11 Å². The van der Waals surface area contributed by atoms with Gasteiger partial charge in [0.1, 0.15) is 5.75 Å². The van der Waals surface area contributed by atoms with Crippen molar-refractivity contribution in [3.05, 3.63) is 23.8 Å². The van der Waals surface area contributed by atoms with Crippen molar-refractivity contribution in [2.75, 3.05) is 5.75 Å². The molecule has 0 aromatic heterocycles. The number of aromatic hydroxyl groups is 1. The van der Waals surface area contributed by atoms with Crippen molar-refractivity contribution in [2.45, 2.75) is 17.7 Å². The fourth-order valence-corrected chi connectivity index (χ4v) is 2.41. The first kappa shape index (κ1) is 8.63. The molecule has 2 nitrogen and oxygen atoms in total. The van der Waals surface area contributed by atoms with Crippen LogP contribution in [0.1, 0.15) is 23.2 Å². The third kappa shape index (κ3) is 1.70. The topological polar surface area (TPSA) is 37.3 Å². The van der Waals surface area contributed by atoms with Crippen LogP contribution in [-0.4, -0.2) is 16.6 Å². The van der Waals surface area contributed by atoms with E-state index in [9.17, 15) is 9.90 Å². The van der Waals surface area contributed by atoms with Crippen LogP contribution in [-0.2, 0) is 0 Å². The SMILES string of the molecule is O=C1CCCSc2ccc(O)cc21. The van der Waals surface area contributed by atoms with Crippen LogP contribution in [0.5, 0.6) is 5.75 Å². The summed E-state index contributed by atoms with van der Waals surface area (Å²) in [6.45, 7) is 0. The Morgan fingerprint density at radius 1 is 1.38 bits per heavy atom. The normalized spacial score (nSPS) is 16.5. The van der Waals surface area contributed by atoms with Gasteiger partial charge in [-0.2, -0.15) is 0 Å². The third-order valence-electron chi connectivity index (χ3n) is 2.07. The molecule has 1 aliphatic heterocycles. The number of ketones is 1. The molecule has 3 heteroatoms. The highest BCUT2D eigenvalue weighted by Crippen LogP contribution is 2.30. The fraction of sp³-hybridized carbons (Fsp3) is 0.300. The van der Waals surface area contributed by atoms with Crippen LogP contribution in [0.15, 0.2) is 23.1 Å². The molecular weight excluding hydrogens is 184 g/mol. The summed E-state index contributed by atoms with van der Waals surface area (Å²) in [5.41, 5.74) is 0.683. The summed E-state index contributed by atoms with van der Waals surface area (Å²) in [5.74, 6) is 1.31. The minimum Gasteiger partial charge on any atom is -0.508 e. The highest BCUT2D eigenvalue weighted by atomic mass is 32.2. The third-order valence-corrected chi connectivity index (χ3v) is 3.23. The number of rotatable bonds is 0. The number of carbonyl (C=O) groups excluding carboxylic acids is 1. The molecule has 1 aromatic carbocycles. The Morgan fingerprint density at radius 2 is 2.23 bits per heavy atom. The minimum atomic E-state index is 0.149. The van der Waals surface area contributed by atoms with Crippen molar-refractivity contribution in [3.8, 4) is 5.75 Å². The van der Waals surface area contributed by atoms with Gasteiger partial charge in [0.05, 0.1) is 0 Å². The first-order chi connectivity index (χ1) is 6.27. The van der Waals surface area contributed by atoms with E-state index in [4.69, 9.17) is 0 Å². The lowest BCUT2D eigenvalue weighted by atomic mass is 10.1. The van der Waals surface area contributed by atoms with Crippen molar-refractivity contribution in [2.24, 2.45) is 0 Å². The van der Waals surface area contributed by atoms with E-state index in [1.54, 1.807) is 23.9 Å². The van der Waals surface area contributed by atoms with Crippen LogP contribution in [0.4, 0.5) is 0 Å². The summed E-state index contributed by atoms with van der Waals surface area (Å²) in [7, 11) is 0. The Morgan fingerprint density at radius 3 is 3.08 bits per heavy atom. The van der Waals surface area contributed by atoms with Gasteiger partial charge in [-0.15, -0.1) is 11.8 Å². The van der Waals surface area contributed by atoms with Gasteiger partial charge >= 0.3 is 0 Å². The standard InChI is InChI=1S/C10H10O2S/c11-7-3-4-10-8(6-7)9(12)2-1-5-13-10/h3-4,6,11H,1-2,5H2. The number of phenols is 1. The Hall–Kier alpha value is -0.960. The summed E-state index contributed by atoms with van der Waals surface area (Å²) in [4.78, 5) is 12.5. The lowest BCUT2D eigenvalue weighted by molar-refractivity contribution is 0.0980. The molecule has 0 amide bonds. The number of benzene rings is 1. The van der Waals surface area contributed by atoms with Gasteiger partial charge in [-0.3, -0.25) is 4.79 Å². The molecule has 1 aromatic rings. The summed E-state index contributed by atoms with van der Waals surface area (Å²) in [6, 6.07) is 5.01. The van der Waals surface area contributed by atoms with E-state index in [2.05, 4.69) is 0 Å². The molecule has 1 N–H and O–H groups in total.